The Balaban J connectivity index is 2.20. The number of rotatable bonds is 3. The summed E-state index contributed by atoms with van der Waals surface area (Å²) in [6.07, 6.45) is 5.39. The molecule has 0 radical (unpaired) electrons. The summed E-state index contributed by atoms with van der Waals surface area (Å²) in [5.41, 5.74) is 0.645. The molecule has 0 aliphatic rings. The predicted molar refractivity (Wildman–Crippen MR) is 52.0 cm³/mol. The summed E-state index contributed by atoms with van der Waals surface area (Å²) in [7, 11) is -4.10. The molecule has 0 bridgehead atoms. The van der Waals surface area contributed by atoms with E-state index < -0.39 is 13.9 Å². The number of aromatic nitrogens is 3. The van der Waals surface area contributed by atoms with E-state index in [1.807, 2.05) is 0 Å². The van der Waals surface area contributed by atoms with Crippen LogP contribution in [0.4, 0.5) is 0 Å². The Morgan fingerprint density at radius 1 is 1.50 bits per heavy atom. The summed E-state index contributed by atoms with van der Waals surface area (Å²) in [6, 6.07) is 1.62. The lowest BCUT2D eigenvalue weighted by molar-refractivity contribution is -0.738. The molecule has 84 valence electrons. The van der Waals surface area contributed by atoms with Gasteiger partial charge in [0.1, 0.15) is 12.5 Å². The first-order valence-corrected chi connectivity index (χ1v) is 6.14. The van der Waals surface area contributed by atoms with Gasteiger partial charge < -0.3 is 14.2 Å². The van der Waals surface area contributed by atoms with Crippen LogP contribution in [0.15, 0.2) is 35.3 Å². The van der Waals surface area contributed by atoms with E-state index in [2.05, 4.69) is 10.1 Å². The maximum atomic E-state index is 10.7. The van der Waals surface area contributed by atoms with Gasteiger partial charge in [0.15, 0.2) is 6.20 Å². The van der Waals surface area contributed by atoms with Crippen molar-refractivity contribution in [1.82, 2.24) is 10.1 Å². The van der Waals surface area contributed by atoms with Gasteiger partial charge in [0, 0.05) is 6.07 Å². The third-order valence-corrected chi connectivity index (χ3v) is 2.44. The van der Waals surface area contributed by atoms with Crippen molar-refractivity contribution >= 4 is 7.60 Å². The van der Waals surface area contributed by atoms with Crippen LogP contribution >= 0.6 is 7.60 Å². The van der Waals surface area contributed by atoms with E-state index in [0.29, 0.717) is 11.5 Å². The molecule has 0 fully saturated rings. The number of hydrogen-bond acceptors (Lipinski definition) is 4. The van der Waals surface area contributed by atoms with Crippen LogP contribution in [-0.4, -0.2) is 19.9 Å². The van der Waals surface area contributed by atoms with Crippen LogP contribution in [0.3, 0.4) is 0 Å². The minimum absolute atomic E-state index is 0.413. The lowest BCUT2D eigenvalue weighted by atomic mass is 10.3. The molecule has 0 saturated heterocycles. The number of nitrogens with zero attached hydrogens (tertiary/aromatic N) is 3. The lowest BCUT2D eigenvalue weighted by Crippen LogP contribution is -2.37. The standard InChI is InChI=1S/C8H8N3O4P/c12-16(13,14)6-11-3-1-7(5-10-11)8-9-2-4-15-8/h1-5H,6H2,(H-,12,13,14)/p+1. The quantitative estimate of drug-likeness (QED) is 0.587. The summed E-state index contributed by atoms with van der Waals surface area (Å²) in [5, 5.41) is 3.84. The zero-order chi connectivity index (χ0) is 11.6. The Kier molecular flexibility index (Phi) is 2.82. The van der Waals surface area contributed by atoms with Crippen LogP contribution in [-0.2, 0) is 10.9 Å². The predicted octanol–water partition coefficient (Wildman–Crippen LogP) is 0.159. The van der Waals surface area contributed by atoms with Crippen LogP contribution in [0.1, 0.15) is 0 Å². The summed E-state index contributed by atoms with van der Waals surface area (Å²) >= 11 is 0. The van der Waals surface area contributed by atoms with Gasteiger partial charge in [-0.3, -0.25) is 4.57 Å². The minimum Gasteiger partial charge on any atom is -0.444 e. The van der Waals surface area contributed by atoms with E-state index >= 15 is 0 Å². The van der Waals surface area contributed by atoms with E-state index in [0.717, 1.165) is 4.68 Å². The Labute approximate surface area is 90.5 Å². The lowest BCUT2D eigenvalue weighted by Gasteiger charge is -1.97. The summed E-state index contributed by atoms with van der Waals surface area (Å²) in [6.45, 7) is 0. The second-order valence-corrected chi connectivity index (χ2v) is 4.71. The van der Waals surface area contributed by atoms with Crippen molar-refractivity contribution in [2.45, 2.75) is 6.29 Å². The first kappa shape index (κ1) is 10.9. The maximum absolute atomic E-state index is 10.7. The van der Waals surface area contributed by atoms with Crippen molar-refractivity contribution in [1.29, 1.82) is 0 Å². The molecule has 2 heterocycles. The van der Waals surface area contributed by atoms with Gasteiger partial charge in [-0.25, -0.2) is 4.98 Å². The fraction of sp³-hybridized carbons (Fsp3) is 0.125. The second kappa shape index (κ2) is 4.13. The zero-order valence-corrected chi connectivity index (χ0v) is 8.99. The molecule has 0 amide bonds. The highest BCUT2D eigenvalue weighted by Crippen LogP contribution is 2.33. The van der Waals surface area contributed by atoms with E-state index in [1.54, 1.807) is 6.07 Å². The van der Waals surface area contributed by atoms with Crippen LogP contribution < -0.4 is 4.68 Å². The fourth-order valence-corrected chi connectivity index (χ4v) is 1.69. The highest BCUT2D eigenvalue weighted by Gasteiger charge is 2.21. The molecule has 2 rings (SSSR count). The van der Waals surface area contributed by atoms with Crippen molar-refractivity contribution in [2.75, 3.05) is 0 Å². The zero-order valence-electron chi connectivity index (χ0n) is 8.09. The molecule has 0 spiro atoms. The monoisotopic (exact) mass is 242 g/mol. The molecule has 0 atom stereocenters. The minimum atomic E-state index is -4.10. The normalized spacial score (nSPS) is 11.6. The summed E-state index contributed by atoms with van der Waals surface area (Å²) < 4.78 is 16.9. The largest absolute Gasteiger partial charge is 0.444 e. The summed E-state index contributed by atoms with van der Waals surface area (Å²) in [5.74, 6) is 0.413. The van der Waals surface area contributed by atoms with Gasteiger partial charge in [-0.2, -0.15) is 0 Å². The highest BCUT2D eigenvalue weighted by atomic mass is 31.2. The second-order valence-electron chi connectivity index (χ2n) is 3.10. The Morgan fingerprint density at radius 3 is 2.81 bits per heavy atom. The van der Waals surface area contributed by atoms with E-state index in [9.17, 15) is 4.57 Å². The Morgan fingerprint density at radius 2 is 2.31 bits per heavy atom. The van der Waals surface area contributed by atoms with Crippen molar-refractivity contribution in [3.05, 3.63) is 30.9 Å². The smallest absolute Gasteiger partial charge is 0.392 e. The molecular weight excluding hydrogens is 233 g/mol. The van der Waals surface area contributed by atoms with Crippen molar-refractivity contribution in [3.63, 3.8) is 0 Å². The van der Waals surface area contributed by atoms with Gasteiger partial charge in [-0.05, 0) is 5.10 Å². The number of hydrogen-bond donors (Lipinski definition) is 2. The van der Waals surface area contributed by atoms with Crippen LogP contribution in [0.2, 0.25) is 0 Å². The Hall–Kier alpha value is -1.56. The first-order chi connectivity index (χ1) is 7.54. The van der Waals surface area contributed by atoms with Crippen LogP contribution in [0, 0.1) is 0 Å². The molecule has 2 aromatic rings. The SMILES string of the molecule is O=P(O)(O)C[n+]1ccc(-c2ncco2)cn1. The average Bonchev–Trinajstić information content (AvgIpc) is 2.69. The summed E-state index contributed by atoms with van der Waals surface area (Å²) in [4.78, 5) is 21.4. The third kappa shape index (κ3) is 2.73. The average molecular weight is 242 g/mol. The van der Waals surface area contributed by atoms with E-state index in [1.165, 1.54) is 24.9 Å². The molecule has 2 aromatic heterocycles. The van der Waals surface area contributed by atoms with E-state index in [4.69, 9.17) is 14.2 Å². The molecule has 16 heavy (non-hydrogen) atoms. The maximum Gasteiger partial charge on any atom is 0.392 e. The first-order valence-electron chi connectivity index (χ1n) is 4.35. The van der Waals surface area contributed by atoms with Gasteiger partial charge in [0.25, 0.3) is 6.29 Å². The van der Waals surface area contributed by atoms with Gasteiger partial charge in [0.05, 0.1) is 11.8 Å². The van der Waals surface area contributed by atoms with Gasteiger partial charge in [-0.1, -0.05) is 4.68 Å². The van der Waals surface area contributed by atoms with Crippen molar-refractivity contribution in [2.24, 2.45) is 0 Å². The molecule has 2 N–H and O–H groups in total. The third-order valence-electron chi connectivity index (χ3n) is 1.78. The highest BCUT2D eigenvalue weighted by molar-refractivity contribution is 7.50. The van der Waals surface area contributed by atoms with Gasteiger partial charge >= 0.3 is 7.60 Å². The van der Waals surface area contributed by atoms with Gasteiger partial charge in [-0.15, -0.1) is 0 Å². The van der Waals surface area contributed by atoms with E-state index in [-0.39, 0.29) is 0 Å². The van der Waals surface area contributed by atoms with Crippen LogP contribution in [0.25, 0.3) is 11.5 Å². The molecule has 0 aliphatic carbocycles. The van der Waals surface area contributed by atoms with Crippen molar-refractivity contribution < 1.29 is 23.5 Å². The molecule has 0 aromatic carbocycles. The van der Waals surface area contributed by atoms with Crippen molar-refractivity contribution in [3.8, 4) is 11.5 Å². The molecule has 0 saturated carbocycles. The molecule has 0 unspecified atom stereocenters. The van der Waals surface area contributed by atoms with Gasteiger partial charge in [0.2, 0.25) is 5.89 Å². The molecule has 8 heteroatoms. The Bertz CT molecular complexity index is 505. The number of oxazole rings is 1. The fourth-order valence-electron chi connectivity index (χ4n) is 1.15. The molecule has 7 nitrogen and oxygen atoms in total. The molecular formula is C8H9N3O4P+. The van der Waals surface area contributed by atoms with Crippen LogP contribution in [0.5, 0.6) is 0 Å². The molecule has 0 aliphatic heterocycles. The topological polar surface area (TPSA) is 100 Å².